The van der Waals surface area contributed by atoms with Gasteiger partial charge in [0.1, 0.15) is 0 Å². The summed E-state index contributed by atoms with van der Waals surface area (Å²) in [4.78, 5) is 2.24. The quantitative estimate of drug-likeness (QED) is 0.740. The predicted octanol–water partition coefficient (Wildman–Crippen LogP) is 1.76. The maximum absolute atomic E-state index is 5.33. The fourth-order valence-electron chi connectivity index (χ4n) is 1.78. The molecular formula is C13H17N3O. The van der Waals surface area contributed by atoms with Crippen LogP contribution in [0.3, 0.4) is 0 Å². The lowest BCUT2D eigenvalue weighted by atomic mass is 10.2. The zero-order valence-electron chi connectivity index (χ0n) is 9.88. The summed E-state index contributed by atoms with van der Waals surface area (Å²) < 4.78 is 7.07. The number of hydrogen-bond acceptors (Lipinski definition) is 3. The molecule has 0 saturated carbocycles. The summed E-state index contributed by atoms with van der Waals surface area (Å²) in [7, 11) is 0. The van der Waals surface area contributed by atoms with Crippen molar-refractivity contribution in [3.63, 3.8) is 0 Å². The fourth-order valence-corrected chi connectivity index (χ4v) is 1.78. The fraction of sp³-hybridized carbons (Fsp3) is 0.308. The molecule has 0 radical (unpaired) electrons. The third-order valence-corrected chi connectivity index (χ3v) is 2.70. The SMILES string of the molecule is C=C/C(=C\C(=C)n1cccn1)N1CCOCC1. The van der Waals surface area contributed by atoms with Crippen LogP contribution in [-0.4, -0.2) is 41.0 Å². The molecule has 90 valence electrons. The molecule has 0 aliphatic carbocycles. The van der Waals surface area contributed by atoms with Gasteiger partial charge in [0.25, 0.3) is 0 Å². The first-order valence-corrected chi connectivity index (χ1v) is 5.67. The molecule has 1 aromatic heterocycles. The van der Waals surface area contributed by atoms with Gasteiger partial charge in [0.05, 0.1) is 18.9 Å². The van der Waals surface area contributed by atoms with E-state index in [4.69, 9.17) is 4.74 Å². The second kappa shape index (κ2) is 5.50. The van der Waals surface area contributed by atoms with Crippen molar-refractivity contribution >= 4 is 5.70 Å². The third-order valence-electron chi connectivity index (χ3n) is 2.70. The Morgan fingerprint density at radius 2 is 2.12 bits per heavy atom. The van der Waals surface area contributed by atoms with E-state index in [0.717, 1.165) is 37.7 Å². The van der Waals surface area contributed by atoms with Crippen LogP contribution in [0.2, 0.25) is 0 Å². The van der Waals surface area contributed by atoms with Gasteiger partial charge < -0.3 is 9.64 Å². The van der Waals surface area contributed by atoms with Gasteiger partial charge in [-0.25, -0.2) is 4.68 Å². The van der Waals surface area contributed by atoms with Crippen LogP contribution in [0, 0.1) is 0 Å². The summed E-state index contributed by atoms with van der Waals surface area (Å²) in [5.74, 6) is 0. The molecule has 17 heavy (non-hydrogen) atoms. The lowest BCUT2D eigenvalue weighted by molar-refractivity contribution is 0.0554. The first-order valence-electron chi connectivity index (χ1n) is 5.67. The van der Waals surface area contributed by atoms with Crippen LogP contribution in [-0.2, 0) is 4.74 Å². The Kier molecular flexibility index (Phi) is 3.77. The third kappa shape index (κ3) is 2.85. The number of rotatable bonds is 4. The smallest absolute Gasteiger partial charge is 0.0642 e. The molecular weight excluding hydrogens is 214 g/mol. The van der Waals surface area contributed by atoms with Crippen LogP contribution in [0.1, 0.15) is 0 Å². The van der Waals surface area contributed by atoms with Crippen LogP contribution >= 0.6 is 0 Å². The normalized spacial score (nSPS) is 16.9. The minimum absolute atomic E-state index is 0.763. The molecule has 0 N–H and O–H groups in total. The monoisotopic (exact) mass is 231 g/mol. The van der Waals surface area contributed by atoms with E-state index in [1.165, 1.54) is 0 Å². The zero-order valence-corrected chi connectivity index (χ0v) is 9.88. The van der Waals surface area contributed by atoms with Crippen LogP contribution < -0.4 is 0 Å². The van der Waals surface area contributed by atoms with E-state index in [0.29, 0.717) is 0 Å². The highest BCUT2D eigenvalue weighted by Crippen LogP contribution is 2.13. The molecule has 0 spiro atoms. The Hall–Kier alpha value is -1.81. The van der Waals surface area contributed by atoms with Crippen LogP contribution in [0.25, 0.3) is 5.70 Å². The van der Waals surface area contributed by atoms with Crippen molar-refractivity contribution in [1.29, 1.82) is 0 Å². The van der Waals surface area contributed by atoms with Gasteiger partial charge in [0.2, 0.25) is 0 Å². The Morgan fingerprint density at radius 1 is 1.35 bits per heavy atom. The van der Waals surface area contributed by atoms with Crippen molar-refractivity contribution < 1.29 is 4.74 Å². The molecule has 4 nitrogen and oxygen atoms in total. The largest absolute Gasteiger partial charge is 0.378 e. The second-order valence-corrected chi connectivity index (χ2v) is 3.81. The van der Waals surface area contributed by atoms with Crippen molar-refractivity contribution in [2.75, 3.05) is 26.3 Å². The molecule has 2 rings (SSSR count). The van der Waals surface area contributed by atoms with E-state index in [2.05, 4.69) is 23.2 Å². The van der Waals surface area contributed by atoms with Gasteiger partial charge in [-0.3, -0.25) is 0 Å². The van der Waals surface area contributed by atoms with Crippen molar-refractivity contribution in [1.82, 2.24) is 14.7 Å². The van der Waals surface area contributed by atoms with Gasteiger partial charge in [0, 0.05) is 31.2 Å². The van der Waals surface area contributed by atoms with E-state index >= 15 is 0 Å². The topological polar surface area (TPSA) is 30.3 Å². The van der Waals surface area contributed by atoms with Gasteiger partial charge in [-0.1, -0.05) is 13.2 Å². The highest BCUT2D eigenvalue weighted by Gasteiger charge is 2.11. The second-order valence-electron chi connectivity index (χ2n) is 3.81. The molecule has 0 bridgehead atoms. The summed E-state index contributed by atoms with van der Waals surface area (Å²) in [5.41, 5.74) is 1.89. The molecule has 1 fully saturated rings. The summed E-state index contributed by atoms with van der Waals surface area (Å²) >= 11 is 0. The number of hydrogen-bond donors (Lipinski definition) is 0. The minimum atomic E-state index is 0.763. The van der Waals surface area contributed by atoms with E-state index in [1.807, 2.05) is 24.4 Å². The first-order chi connectivity index (χ1) is 8.31. The molecule has 0 unspecified atom stereocenters. The predicted molar refractivity (Wildman–Crippen MR) is 68.2 cm³/mol. The van der Waals surface area contributed by atoms with Crippen LogP contribution in [0.5, 0.6) is 0 Å². The average Bonchev–Trinajstić information content (AvgIpc) is 2.90. The van der Waals surface area contributed by atoms with E-state index in [1.54, 1.807) is 10.9 Å². The van der Waals surface area contributed by atoms with Gasteiger partial charge >= 0.3 is 0 Å². The summed E-state index contributed by atoms with van der Waals surface area (Å²) in [6.45, 7) is 11.2. The Balaban J connectivity index is 2.11. The molecule has 0 aromatic carbocycles. The van der Waals surface area contributed by atoms with Gasteiger partial charge in [-0.15, -0.1) is 0 Å². The molecule has 1 aromatic rings. The van der Waals surface area contributed by atoms with Gasteiger partial charge in [-0.2, -0.15) is 5.10 Å². The van der Waals surface area contributed by atoms with E-state index in [-0.39, 0.29) is 0 Å². The summed E-state index contributed by atoms with van der Waals surface area (Å²) in [6, 6.07) is 1.88. The molecule has 1 aliphatic heterocycles. The Bertz CT molecular complexity index is 414. The molecule has 4 heteroatoms. The van der Waals surface area contributed by atoms with E-state index < -0.39 is 0 Å². The maximum atomic E-state index is 5.33. The lowest BCUT2D eigenvalue weighted by Gasteiger charge is -2.29. The number of ether oxygens (including phenoxy) is 1. The molecule has 0 atom stereocenters. The lowest BCUT2D eigenvalue weighted by Crippen LogP contribution is -2.35. The summed E-state index contributed by atoms with van der Waals surface area (Å²) in [5, 5.41) is 4.14. The van der Waals surface area contributed by atoms with Crippen molar-refractivity contribution in [3.8, 4) is 0 Å². The van der Waals surface area contributed by atoms with Crippen molar-refractivity contribution in [2.24, 2.45) is 0 Å². The highest BCUT2D eigenvalue weighted by molar-refractivity contribution is 5.55. The van der Waals surface area contributed by atoms with Gasteiger partial charge in [0.15, 0.2) is 0 Å². The number of aromatic nitrogens is 2. The van der Waals surface area contributed by atoms with Crippen LogP contribution in [0.15, 0.2) is 49.5 Å². The number of nitrogens with zero attached hydrogens (tertiary/aromatic N) is 3. The van der Waals surface area contributed by atoms with E-state index in [9.17, 15) is 0 Å². The number of allylic oxidation sites excluding steroid dienone is 3. The van der Waals surface area contributed by atoms with Crippen molar-refractivity contribution in [2.45, 2.75) is 0 Å². The van der Waals surface area contributed by atoms with Crippen LogP contribution in [0.4, 0.5) is 0 Å². The number of morpholine rings is 1. The molecule has 1 saturated heterocycles. The highest BCUT2D eigenvalue weighted by atomic mass is 16.5. The molecule has 1 aliphatic rings. The summed E-state index contributed by atoms with van der Waals surface area (Å²) in [6.07, 6.45) is 7.45. The van der Waals surface area contributed by atoms with Gasteiger partial charge in [-0.05, 0) is 18.2 Å². The Morgan fingerprint density at radius 3 is 2.71 bits per heavy atom. The minimum Gasteiger partial charge on any atom is -0.378 e. The average molecular weight is 231 g/mol. The van der Waals surface area contributed by atoms with Crippen molar-refractivity contribution in [3.05, 3.63) is 49.5 Å². The maximum Gasteiger partial charge on any atom is 0.0642 e. The first kappa shape index (κ1) is 11.7. The Labute approximate surface area is 101 Å². The standard InChI is InChI=1S/C13H17N3O/c1-3-13(15-7-9-17-10-8-15)11-12(2)16-6-4-5-14-16/h3-6,11H,1-2,7-10H2/b13-11+. The zero-order chi connectivity index (χ0) is 12.1. The molecule has 2 heterocycles. The molecule has 0 amide bonds.